The second-order valence-corrected chi connectivity index (χ2v) is 6.62. The van der Waals surface area contributed by atoms with Gasteiger partial charge in [0, 0.05) is 23.9 Å². The summed E-state index contributed by atoms with van der Waals surface area (Å²) < 4.78 is 0. The molecule has 1 fully saturated rings. The summed E-state index contributed by atoms with van der Waals surface area (Å²) in [4.78, 5) is 11.9. The first-order valence-corrected chi connectivity index (χ1v) is 7.94. The van der Waals surface area contributed by atoms with E-state index in [1.54, 1.807) is 0 Å². The Bertz CT molecular complexity index is 413. The molecule has 1 aliphatic rings. The van der Waals surface area contributed by atoms with Gasteiger partial charge in [0.1, 0.15) is 0 Å². The maximum absolute atomic E-state index is 11.9. The third-order valence-electron chi connectivity index (χ3n) is 3.55. The Hall–Kier alpha value is -1.16. The molecule has 19 heavy (non-hydrogen) atoms. The number of nitrogens with one attached hydrogen (secondary N) is 1. The standard InChI is InChI=1S/C15H22N2OS/c1-11(12-4-6-13(16)7-5-12)9-15(18)17-10-14-3-2-8-19-14/h4-7,11,14H,2-3,8-10,16H2,1H3,(H,17,18). The summed E-state index contributed by atoms with van der Waals surface area (Å²) in [5.41, 5.74) is 7.59. The van der Waals surface area contributed by atoms with Gasteiger partial charge in [-0.05, 0) is 42.2 Å². The van der Waals surface area contributed by atoms with Gasteiger partial charge in [-0.15, -0.1) is 0 Å². The first-order chi connectivity index (χ1) is 9.15. The first-order valence-electron chi connectivity index (χ1n) is 6.89. The minimum atomic E-state index is 0.150. The Labute approximate surface area is 119 Å². The smallest absolute Gasteiger partial charge is 0.220 e. The molecule has 0 aromatic heterocycles. The summed E-state index contributed by atoms with van der Waals surface area (Å²) in [6.07, 6.45) is 3.06. The largest absolute Gasteiger partial charge is 0.399 e. The van der Waals surface area contributed by atoms with Crippen molar-refractivity contribution in [1.29, 1.82) is 0 Å². The minimum absolute atomic E-state index is 0.150. The Morgan fingerprint density at radius 2 is 2.21 bits per heavy atom. The molecule has 2 atom stereocenters. The zero-order chi connectivity index (χ0) is 13.7. The lowest BCUT2D eigenvalue weighted by molar-refractivity contribution is -0.121. The molecule has 1 aliphatic heterocycles. The quantitative estimate of drug-likeness (QED) is 0.814. The summed E-state index contributed by atoms with van der Waals surface area (Å²) in [5, 5.41) is 3.67. The molecule has 0 bridgehead atoms. The van der Waals surface area contributed by atoms with Crippen LogP contribution in [0.1, 0.15) is 37.7 Å². The summed E-state index contributed by atoms with van der Waals surface area (Å²) in [7, 11) is 0. The lowest BCUT2D eigenvalue weighted by Crippen LogP contribution is -2.30. The lowest BCUT2D eigenvalue weighted by atomic mass is 9.97. The number of rotatable bonds is 5. The van der Waals surface area contributed by atoms with Crippen LogP contribution in [0, 0.1) is 0 Å². The second-order valence-electron chi connectivity index (χ2n) is 5.21. The summed E-state index contributed by atoms with van der Waals surface area (Å²) >= 11 is 1.97. The first kappa shape index (κ1) is 14.3. The van der Waals surface area contributed by atoms with Crippen LogP contribution in [-0.4, -0.2) is 23.5 Å². The molecule has 0 radical (unpaired) electrons. The Morgan fingerprint density at radius 1 is 1.47 bits per heavy atom. The van der Waals surface area contributed by atoms with E-state index in [9.17, 15) is 4.79 Å². The molecule has 3 nitrogen and oxygen atoms in total. The van der Waals surface area contributed by atoms with Crippen LogP contribution in [0.4, 0.5) is 5.69 Å². The van der Waals surface area contributed by atoms with Crippen LogP contribution in [0.3, 0.4) is 0 Å². The van der Waals surface area contributed by atoms with Crippen LogP contribution in [0.15, 0.2) is 24.3 Å². The van der Waals surface area contributed by atoms with Crippen molar-refractivity contribution in [3.8, 4) is 0 Å². The fourth-order valence-corrected chi connectivity index (χ4v) is 3.53. The number of carbonyl (C=O) groups is 1. The molecule has 104 valence electrons. The van der Waals surface area contributed by atoms with Crippen molar-refractivity contribution >= 4 is 23.4 Å². The molecule has 2 rings (SSSR count). The maximum atomic E-state index is 11.9. The van der Waals surface area contributed by atoms with Crippen molar-refractivity contribution in [3.63, 3.8) is 0 Å². The van der Waals surface area contributed by atoms with Crippen molar-refractivity contribution in [2.75, 3.05) is 18.0 Å². The number of hydrogen-bond donors (Lipinski definition) is 2. The van der Waals surface area contributed by atoms with Gasteiger partial charge in [-0.3, -0.25) is 4.79 Å². The van der Waals surface area contributed by atoms with Crippen LogP contribution in [0.25, 0.3) is 0 Å². The molecule has 1 heterocycles. The Kier molecular flexibility index (Phi) is 5.14. The molecular formula is C15H22N2OS. The highest BCUT2D eigenvalue weighted by atomic mass is 32.2. The fraction of sp³-hybridized carbons (Fsp3) is 0.533. The number of nitrogen functional groups attached to an aromatic ring is 1. The zero-order valence-electron chi connectivity index (χ0n) is 11.4. The van der Waals surface area contributed by atoms with Crippen molar-refractivity contribution < 1.29 is 4.79 Å². The topological polar surface area (TPSA) is 55.1 Å². The van der Waals surface area contributed by atoms with Crippen LogP contribution in [-0.2, 0) is 4.79 Å². The maximum Gasteiger partial charge on any atom is 0.220 e. The Morgan fingerprint density at radius 3 is 2.84 bits per heavy atom. The molecule has 1 saturated heterocycles. The number of benzene rings is 1. The van der Waals surface area contributed by atoms with Crippen LogP contribution in [0.2, 0.25) is 0 Å². The highest BCUT2D eigenvalue weighted by Gasteiger charge is 2.17. The van der Waals surface area contributed by atoms with Crippen molar-refractivity contribution in [3.05, 3.63) is 29.8 Å². The van der Waals surface area contributed by atoms with E-state index in [4.69, 9.17) is 5.73 Å². The van der Waals surface area contributed by atoms with Gasteiger partial charge < -0.3 is 11.1 Å². The van der Waals surface area contributed by atoms with Gasteiger partial charge >= 0.3 is 0 Å². The molecular weight excluding hydrogens is 256 g/mol. The van der Waals surface area contributed by atoms with E-state index in [-0.39, 0.29) is 11.8 Å². The number of nitrogens with two attached hydrogens (primary N) is 1. The molecule has 0 saturated carbocycles. The number of carbonyl (C=O) groups excluding carboxylic acids is 1. The second kappa shape index (κ2) is 6.85. The van der Waals surface area contributed by atoms with Gasteiger partial charge in [0.05, 0.1) is 0 Å². The highest BCUT2D eigenvalue weighted by molar-refractivity contribution is 8.00. The zero-order valence-corrected chi connectivity index (χ0v) is 12.2. The average Bonchev–Trinajstić information content (AvgIpc) is 2.90. The minimum Gasteiger partial charge on any atom is -0.399 e. The van der Waals surface area contributed by atoms with E-state index in [2.05, 4.69) is 12.2 Å². The van der Waals surface area contributed by atoms with E-state index in [1.807, 2.05) is 36.0 Å². The number of amides is 1. The molecule has 1 aromatic rings. The van der Waals surface area contributed by atoms with Gasteiger partial charge in [-0.2, -0.15) is 11.8 Å². The van der Waals surface area contributed by atoms with Gasteiger partial charge in [-0.1, -0.05) is 19.1 Å². The third kappa shape index (κ3) is 4.46. The molecule has 2 unspecified atom stereocenters. The number of anilines is 1. The van der Waals surface area contributed by atoms with Crippen LogP contribution >= 0.6 is 11.8 Å². The normalized spacial score (nSPS) is 20.2. The monoisotopic (exact) mass is 278 g/mol. The van der Waals surface area contributed by atoms with Gasteiger partial charge in [0.25, 0.3) is 0 Å². The predicted molar refractivity (Wildman–Crippen MR) is 82.4 cm³/mol. The Balaban J connectivity index is 1.76. The molecule has 1 aromatic carbocycles. The van der Waals surface area contributed by atoms with Crippen molar-refractivity contribution in [2.24, 2.45) is 0 Å². The number of thioether (sulfide) groups is 1. The van der Waals surface area contributed by atoms with E-state index < -0.39 is 0 Å². The average molecular weight is 278 g/mol. The summed E-state index contributed by atoms with van der Waals surface area (Å²) in [6, 6.07) is 7.78. The molecule has 3 N–H and O–H groups in total. The van der Waals surface area contributed by atoms with E-state index in [0.717, 1.165) is 12.2 Å². The van der Waals surface area contributed by atoms with Crippen LogP contribution < -0.4 is 11.1 Å². The molecule has 0 aliphatic carbocycles. The van der Waals surface area contributed by atoms with E-state index >= 15 is 0 Å². The summed E-state index contributed by atoms with van der Waals surface area (Å²) in [5.74, 6) is 1.62. The van der Waals surface area contributed by atoms with Gasteiger partial charge in [-0.25, -0.2) is 0 Å². The SMILES string of the molecule is CC(CC(=O)NCC1CCCS1)c1ccc(N)cc1. The van der Waals surface area contributed by atoms with E-state index in [0.29, 0.717) is 11.7 Å². The van der Waals surface area contributed by atoms with Crippen molar-refractivity contribution in [1.82, 2.24) is 5.32 Å². The third-order valence-corrected chi connectivity index (χ3v) is 4.95. The van der Waals surface area contributed by atoms with Gasteiger partial charge in [0.2, 0.25) is 5.91 Å². The van der Waals surface area contributed by atoms with Crippen molar-refractivity contribution in [2.45, 2.75) is 37.4 Å². The van der Waals surface area contributed by atoms with E-state index in [1.165, 1.54) is 24.2 Å². The molecule has 1 amide bonds. The predicted octanol–water partition coefficient (Wildman–Crippen LogP) is 2.77. The molecule has 4 heteroatoms. The fourth-order valence-electron chi connectivity index (χ4n) is 2.33. The van der Waals surface area contributed by atoms with Crippen LogP contribution in [0.5, 0.6) is 0 Å². The molecule has 0 spiro atoms. The number of hydrogen-bond acceptors (Lipinski definition) is 3. The lowest BCUT2D eigenvalue weighted by Gasteiger charge is -2.14. The van der Waals surface area contributed by atoms with Gasteiger partial charge in [0.15, 0.2) is 0 Å². The highest BCUT2D eigenvalue weighted by Crippen LogP contribution is 2.25. The summed E-state index contributed by atoms with van der Waals surface area (Å²) in [6.45, 7) is 2.90.